The summed E-state index contributed by atoms with van der Waals surface area (Å²) in [5.74, 6) is 0.691. The number of hydrogen-bond donors (Lipinski definition) is 1. The van der Waals surface area contributed by atoms with Crippen LogP contribution in [0.25, 0.3) is 11.1 Å². The summed E-state index contributed by atoms with van der Waals surface area (Å²) in [5.41, 5.74) is 4.15. The van der Waals surface area contributed by atoms with Gasteiger partial charge in [-0.3, -0.25) is 9.59 Å². The van der Waals surface area contributed by atoms with Crippen molar-refractivity contribution in [3.05, 3.63) is 77.2 Å². The minimum absolute atomic E-state index is 0.0203. The van der Waals surface area contributed by atoms with Gasteiger partial charge in [0.1, 0.15) is 11.3 Å². The summed E-state index contributed by atoms with van der Waals surface area (Å²) >= 11 is 0. The van der Waals surface area contributed by atoms with Crippen LogP contribution in [0, 0.1) is 12.8 Å². The topological polar surface area (TPSA) is 75.4 Å². The molecule has 166 valence electrons. The summed E-state index contributed by atoms with van der Waals surface area (Å²) in [7, 11) is 0. The zero-order chi connectivity index (χ0) is 22.5. The summed E-state index contributed by atoms with van der Waals surface area (Å²) < 4.78 is 5.24. The molecule has 0 spiro atoms. The van der Waals surface area contributed by atoms with Gasteiger partial charge in [-0.1, -0.05) is 54.5 Å². The van der Waals surface area contributed by atoms with Crippen LogP contribution in [0.2, 0.25) is 0 Å². The van der Waals surface area contributed by atoms with Crippen LogP contribution in [0.1, 0.15) is 51.9 Å². The van der Waals surface area contributed by atoms with Crippen LogP contribution in [0.15, 0.2) is 59.1 Å². The van der Waals surface area contributed by atoms with E-state index in [1.54, 1.807) is 6.92 Å². The van der Waals surface area contributed by atoms with Gasteiger partial charge in [0.05, 0.1) is 5.69 Å². The fourth-order valence-electron chi connectivity index (χ4n) is 4.29. The van der Waals surface area contributed by atoms with Gasteiger partial charge in [-0.2, -0.15) is 0 Å². The SMILES string of the molecule is CCc1noc(C)c1C(=O)N1CCC[C@@H](CNC(=O)c2ccc(-c3ccccc3)cc2)C1. The van der Waals surface area contributed by atoms with Gasteiger partial charge in [0.15, 0.2) is 0 Å². The van der Waals surface area contributed by atoms with Gasteiger partial charge in [-0.15, -0.1) is 0 Å². The van der Waals surface area contributed by atoms with E-state index >= 15 is 0 Å². The van der Waals surface area contributed by atoms with Crippen molar-refractivity contribution in [1.29, 1.82) is 0 Å². The van der Waals surface area contributed by atoms with Crippen LogP contribution in [0.3, 0.4) is 0 Å². The fraction of sp³-hybridized carbons (Fsp3) is 0.346. The van der Waals surface area contributed by atoms with E-state index < -0.39 is 0 Å². The van der Waals surface area contributed by atoms with Gasteiger partial charge in [0.25, 0.3) is 11.8 Å². The van der Waals surface area contributed by atoms with Gasteiger partial charge in [0, 0.05) is 25.2 Å². The largest absolute Gasteiger partial charge is 0.361 e. The molecule has 0 bridgehead atoms. The molecule has 0 aliphatic carbocycles. The number of benzene rings is 2. The lowest BCUT2D eigenvalue weighted by Crippen LogP contribution is -2.44. The molecule has 0 radical (unpaired) electrons. The number of nitrogens with zero attached hydrogens (tertiary/aromatic N) is 2. The Hall–Kier alpha value is -3.41. The van der Waals surface area contributed by atoms with Crippen LogP contribution in [0.5, 0.6) is 0 Å². The van der Waals surface area contributed by atoms with E-state index in [-0.39, 0.29) is 17.7 Å². The summed E-state index contributed by atoms with van der Waals surface area (Å²) in [6.45, 7) is 5.64. The highest BCUT2D eigenvalue weighted by molar-refractivity contribution is 5.96. The number of carbonyl (C=O) groups is 2. The maximum atomic E-state index is 13.1. The maximum Gasteiger partial charge on any atom is 0.259 e. The number of rotatable bonds is 6. The first-order valence-electron chi connectivity index (χ1n) is 11.2. The molecule has 1 atom stereocenters. The molecule has 1 aliphatic heterocycles. The quantitative estimate of drug-likeness (QED) is 0.624. The molecule has 1 N–H and O–H groups in total. The summed E-state index contributed by atoms with van der Waals surface area (Å²) in [6, 6.07) is 17.7. The second-order valence-electron chi connectivity index (χ2n) is 8.33. The molecule has 1 saturated heterocycles. The minimum Gasteiger partial charge on any atom is -0.361 e. The van der Waals surface area contributed by atoms with E-state index in [2.05, 4.69) is 22.6 Å². The van der Waals surface area contributed by atoms with E-state index in [9.17, 15) is 9.59 Å². The second-order valence-corrected chi connectivity index (χ2v) is 8.33. The lowest BCUT2D eigenvalue weighted by molar-refractivity contribution is 0.0668. The standard InChI is InChI=1S/C26H29N3O3/c1-3-23-24(18(2)32-28-23)26(31)29-15-7-8-19(17-29)16-27-25(30)22-13-11-21(12-14-22)20-9-5-4-6-10-20/h4-6,9-14,19H,3,7-8,15-17H2,1-2H3,(H,27,30)/t19-/m0/s1. The molecule has 2 heterocycles. The van der Waals surface area contributed by atoms with Gasteiger partial charge in [0.2, 0.25) is 0 Å². The molecule has 1 fully saturated rings. The van der Waals surface area contributed by atoms with E-state index in [0.29, 0.717) is 42.1 Å². The lowest BCUT2D eigenvalue weighted by Gasteiger charge is -2.33. The van der Waals surface area contributed by atoms with Gasteiger partial charge >= 0.3 is 0 Å². The molecule has 0 saturated carbocycles. The Morgan fingerprint density at radius 3 is 2.53 bits per heavy atom. The Kier molecular flexibility index (Phi) is 6.69. The van der Waals surface area contributed by atoms with E-state index in [4.69, 9.17) is 4.52 Å². The van der Waals surface area contributed by atoms with Crippen molar-refractivity contribution in [3.63, 3.8) is 0 Å². The molecule has 3 aromatic rings. The van der Waals surface area contributed by atoms with Crippen LogP contribution in [-0.2, 0) is 6.42 Å². The number of carbonyl (C=O) groups excluding carboxylic acids is 2. The summed E-state index contributed by atoms with van der Waals surface area (Å²) in [5, 5.41) is 7.06. The van der Waals surface area contributed by atoms with E-state index in [1.165, 1.54) is 0 Å². The summed E-state index contributed by atoms with van der Waals surface area (Å²) in [4.78, 5) is 27.6. The van der Waals surface area contributed by atoms with Crippen molar-refractivity contribution < 1.29 is 14.1 Å². The lowest BCUT2D eigenvalue weighted by atomic mass is 9.96. The zero-order valence-corrected chi connectivity index (χ0v) is 18.6. The molecule has 32 heavy (non-hydrogen) atoms. The Bertz CT molecular complexity index is 1070. The molecule has 6 heteroatoms. The Morgan fingerprint density at radius 1 is 1.09 bits per heavy atom. The minimum atomic E-state index is -0.0868. The number of likely N-dealkylation sites (tertiary alicyclic amines) is 1. The molecule has 4 rings (SSSR count). The number of piperidine rings is 1. The molecule has 1 aliphatic rings. The first kappa shape index (κ1) is 21.8. The number of aryl methyl sites for hydroxylation is 2. The Morgan fingerprint density at radius 2 is 1.81 bits per heavy atom. The number of amides is 2. The number of aromatic nitrogens is 1. The third-order valence-electron chi connectivity index (χ3n) is 6.09. The molecule has 2 aromatic carbocycles. The molecule has 2 amide bonds. The predicted octanol–water partition coefficient (Wildman–Crippen LogP) is 4.49. The molecule has 1 aromatic heterocycles. The molecule has 0 unspecified atom stereocenters. The van der Waals surface area contributed by atoms with Crippen LogP contribution in [-0.4, -0.2) is 41.5 Å². The zero-order valence-electron chi connectivity index (χ0n) is 18.6. The predicted molar refractivity (Wildman–Crippen MR) is 123 cm³/mol. The van der Waals surface area contributed by atoms with Gasteiger partial charge < -0.3 is 14.7 Å². The third-order valence-corrected chi connectivity index (χ3v) is 6.09. The average Bonchev–Trinajstić information content (AvgIpc) is 3.23. The number of hydrogen-bond acceptors (Lipinski definition) is 4. The monoisotopic (exact) mass is 431 g/mol. The maximum absolute atomic E-state index is 13.1. The highest BCUT2D eigenvalue weighted by Crippen LogP contribution is 2.23. The van der Waals surface area contributed by atoms with Gasteiger partial charge in [-0.25, -0.2) is 0 Å². The smallest absolute Gasteiger partial charge is 0.259 e. The first-order chi connectivity index (χ1) is 15.6. The van der Waals surface area contributed by atoms with Crippen molar-refractivity contribution in [2.45, 2.75) is 33.1 Å². The fourth-order valence-corrected chi connectivity index (χ4v) is 4.29. The third kappa shape index (κ3) is 4.74. The van der Waals surface area contributed by atoms with Crippen LogP contribution in [0.4, 0.5) is 0 Å². The summed E-state index contributed by atoms with van der Waals surface area (Å²) in [6.07, 6.45) is 2.57. The molecule has 6 nitrogen and oxygen atoms in total. The van der Waals surface area contributed by atoms with E-state index in [1.807, 2.05) is 54.3 Å². The Labute approximate surface area is 188 Å². The van der Waals surface area contributed by atoms with E-state index in [0.717, 1.165) is 30.5 Å². The number of nitrogens with one attached hydrogen (secondary N) is 1. The van der Waals surface area contributed by atoms with Crippen molar-refractivity contribution in [3.8, 4) is 11.1 Å². The van der Waals surface area contributed by atoms with Crippen molar-refractivity contribution >= 4 is 11.8 Å². The molecular formula is C26H29N3O3. The average molecular weight is 432 g/mol. The van der Waals surface area contributed by atoms with Crippen molar-refractivity contribution in [2.24, 2.45) is 5.92 Å². The van der Waals surface area contributed by atoms with Crippen LogP contribution < -0.4 is 5.32 Å². The highest BCUT2D eigenvalue weighted by atomic mass is 16.5. The second kappa shape index (κ2) is 9.81. The highest BCUT2D eigenvalue weighted by Gasteiger charge is 2.29. The molecular weight excluding hydrogens is 402 g/mol. The Balaban J connectivity index is 1.34. The van der Waals surface area contributed by atoms with Crippen molar-refractivity contribution in [1.82, 2.24) is 15.4 Å². The normalized spacial score (nSPS) is 16.1. The van der Waals surface area contributed by atoms with Crippen LogP contribution >= 0.6 is 0 Å². The van der Waals surface area contributed by atoms with Gasteiger partial charge in [-0.05, 0) is 55.4 Å². The first-order valence-corrected chi connectivity index (χ1v) is 11.2. The van der Waals surface area contributed by atoms with Crippen molar-refractivity contribution in [2.75, 3.05) is 19.6 Å².